The van der Waals surface area contributed by atoms with Crippen LogP contribution in [0, 0.1) is 0 Å². The maximum absolute atomic E-state index is 13.2. The molecule has 180 valence electrons. The van der Waals surface area contributed by atoms with Crippen molar-refractivity contribution in [2.24, 2.45) is 0 Å². The highest BCUT2D eigenvalue weighted by molar-refractivity contribution is 5.96. The molecule has 1 aliphatic heterocycles. The van der Waals surface area contributed by atoms with Crippen LogP contribution >= 0.6 is 0 Å². The number of aromatic nitrogens is 2. The smallest absolute Gasteiger partial charge is 0.259 e. The van der Waals surface area contributed by atoms with Crippen LogP contribution in [0.4, 0.5) is 0 Å². The van der Waals surface area contributed by atoms with E-state index < -0.39 is 0 Å². The minimum Gasteiger partial charge on any atom is -0.497 e. The van der Waals surface area contributed by atoms with E-state index in [-0.39, 0.29) is 11.8 Å². The third kappa shape index (κ3) is 5.07. The van der Waals surface area contributed by atoms with Crippen LogP contribution in [0.2, 0.25) is 0 Å². The van der Waals surface area contributed by atoms with Crippen molar-refractivity contribution in [1.29, 1.82) is 0 Å². The van der Waals surface area contributed by atoms with Crippen LogP contribution < -0.4 is 14.2 Å². The number of hydrogen-bond acceptors (Lipinski definition) is 6. The zero-order valence-electron chi connectivity index (χ0n) is 19.9. The summed E-state index contributed by atoms with van der Waals surface area (Å²) in [5, 5.41) is 1.10. The molecule has 0 saturated heterocycles. The molecule has 4 aromatic rings. The van der Waals surface area contributed by atoms with E-state index in [1.165, 1.54) is 0 Å². The molecule has 3 heterocycles. The first-order valence-electron chi connectivity index (χ1n) is 11.6. The largest absolute Gasteiger partial charge is 0.497 e. The first kappa shape index (κ1) is 22.7. The number of pyridine rings is 1. The number of para-hydroxylation sites is 2. The Hall–Kier alpha value is -4.04. The van der Waals surface area contributed by atoms with Gasteiger partial charge in [-0.2, -0.15) is 0 Å². The highest BCUT2D eigenvalue weighted by Gasteiger charge is 2.21. The number of H-pyrrole nitrogens is 1. The summed E-state index contributed by atoms with van der Waals surface area (Å²) in [5.41, 5.74) is 2.57. The number of carbonyl (C=O) groups is 1. The lowest BCUT2D eigenvalue weighted by atomic mass is 10.2. The zero-order chi connectivity index (χ0) is 24.2. The van der Waals surface area contributed by atoms with E-state index in [0.717, 1.165) is 22.3 Å². The van der Waals surface area contributed by atoms with Gasteiger partial charge in [0.05, 0.1) is 7.11 Å². The van der Waals surface area contributed by atoms with Gasteiger partial charge in [0, 0.05) is 56.0 Å². The maximum atomic E-state index is 13.2. The van der Waals surface area contributed by atoms with E-state index in [2.05, 4.69) is 20.9 Å². The average molecular weight is 473 g/mol. The lowest BCUT2D eigenvalue weighted by Gasteiger charge is -2.25. The number of carbonyl (C=O) groups excluding carboxylic acids is 1. The first-order valence-corrected chi connectivity index (χ1v) is 11.6. The van der Waals surface area contributed by atoms with Gasteiger partial charge >= 0.3 is 0 Å². The van der Waals surface area contributed by atoms with Crippen LogP contribution in [0.5, 0.6) is 23.1 Å². The van der Waals surface area contributed by atoms with E-state index >= 15 is 0 Å². The standard InChI is InChI=1S/C27H28N4O4/c1-30-12-13-31(18-20-16-19-17-21(33-2)9-10-23(19)29-20)14-15-34-24-7-3-4-8-25(24)35-26-22(27(30)32)6-5-11-28-26/h3-11,16-17,29H,12-15,18H2,1-2H3. The molecule has 0 bridgehead atoms. The Morgan fingerprint density at radius 1 is 1.03 bits per heavy atom. The van der Waals surface area contributed by atoms with Gasteiger partial charge in [-0.15, -0.1) is 0 Å². The van der Waals surface area contributed by atoms with Crippen molar-refractivity contribution in [2.45, 2.75) is 6.54 Å². The predicted molar refractivity (Wildman–Crippen MR) is 133 cm³/mol. The average Bonchev–Trinajstić information content (AvgIpc) is 3.29. The van der Waals surface area contributed by atoms with Crippen LogP contribution in [0.1, 0.15) is 16.1 Å². The molecule has 0 spiro atoms. The molecule has 2 aromatic carbocycles. The lowest BCUT2D eigenvalue weighted by Crippen LogP contribution is -2.38. The SMILES string of the molecule is COc1ccc2[nH]c(CN3CCOc4ccccc4Oc4ncccc4C(=O)N(C)CC3)cc2c1. The Morgan fingerprint density at radius 2 is 1.89 bits per heavy atom. The van der Waals surface area contributed by atoms with E-state index in [4.69, 9.17) is 14.2 Å². The monoisotopic (exact) mass is 472 g/mol. The fourth-order valence-corrected chi connectivity index (χ4v) is 4.17. The van der Waals surface area contributed by atoms with E-state index in [1.54, 1.807) is 37.4 Å². The Balaban J connectivity index is 1.41. The second-order valence-electron chi connectivity index (χ2n) is 8.50. The molecule has 1 aliphatic rings. The Bertz CT molecular complexity index is 1340. The number of likely N-dealkylation sites (N-methyl/N-ethyl adjacent to an activating group) is 1. The molecule has 8 nitrogen and oxygen atoms in total. The van der Waals surface area contributed by atoms with Gasteiger partial charge in [0.15, 0.2) is 11.5 Å². The molecule has 2 aromatic heterocycles. The molecule has 8 heteroatoms. The number of nitrogens with one attached hydrogen (secondary N) is 1. The molecule has 0 atom stereocenters. The van der Waals surface area contributed by atoms with Crippen LogP contribution in [0.15, 0.2) is 66.9 Å². The van der Waals surface area contributed by atoms with E-state index in [1.807, 2.05) is 42.5 Å². The third-order valence-electron chi connectivity index (χ3n) is 6.10. The van der Waals surface area contributed by atoms with Crippen LogP contribution in [0.3, 0.4) is 0 Å². The summed E-state index contributed by atoms with van der Waals surface area (Å²) in [5.74, 6) is 2.10. The number of fused-ring (bicyclic) bond motifs is 3. The molecular weight excluding hydrogens is 444 g/mol. The summed E-state index contributed by atoms with van der Waals surface area (Å²) in [4.78, 5) is 25.0. The Morgan fingerprint density at radius 3 is 2.74 bits per heavy atom. The minimum atomic E-state index is -0.136. The summed E-state index contributed by atoms with van der Waals surface area (Å²) >= 11 is 0. The molecule has 35 heavy (non-hydrogen) atoms. The Labute approximate surface area is 204 Å². The second-order valence-corrected chi connectivity index (χ2v) is 8.50. The summed E-state index contributed by atoms with van der Waals surface area (Å²) in [6.45, 7) is 3.08. The fraction of sp³-hybridized carbons (Fsp3) is 0.259. The first-order chi connectivity index (χ1) is 17.1. The van der Waals surface area contributed by atoms with Crippen molar-refractivity contribution < 1.29 is 19.0 Å². The number of nitrogens with zero attached hydrogens (tertiary/aromatic N) is 3. The highest BCUT2D eigenvalue weighted by Crippen LogP contribution is 2.32. The molecule has 1 amide bonds. The van der Waals surface area contributed by atoms with Crippen LogP contribution in [0.25, 0.3) is 10.9 Å². The van der Waals surface area contributed by atoms with Gasteiger partial charge in [0.1, 0.15) is 17.9 Å². The topological polar surface area (TPSA) is 79.9 Å². The van der Waals surface area contributed by atoms with Crippen molar-refractivity contribution in [3.05, 3.63) is 78.1 Å². The predicted octanol–water partition coefficient (Wildman–Crippen LogP) is 4.33. The van der Waals surface area contributed by atoms with Crippen molar-refractivity contribution in [2.75, 3.05) is 40.4 Å². The van der Waals surface area contributed by atoms with Gasteiger partial charge in [0.25, 0.3) is 5.91 Å². The van der Waals surface area contributed by atoms with E-state index in [0.29, 0.717) is 49.8 Å². The highest BCUT2D eigenvalue weighted by atomic mass is 16.5. The Kier molecular flexibility index (Phi) is 6.54. The number of amides is 1. The fourth-order valence-electron chi connectivity index (χ4n) is 4.17. The lowest BCUT2D eigenvalue weighted by molar-refractivity contribution is 0.0770. The summed E-state index contributed by atoms with van der Waals surface area (Å²) < 4.78 is 17.5. The number of hydrogen-bond donors (Lipinski definition) is 1. The van der Waals surface area contributed by atoms with Crippen molar-refractivity contribution in [3.8, 4) is 23.1 Å². The summed E-state index contributed by atoms with van der Waals surface area (Å²) in [7, 11) is 3.47. The van der Waals surface area contributed by atoms with Gasteiger partial charge in [-0.05, 0) is 48.5 Å². The van der Waals surface area contributed by atoms with Gasteiger partial charge in [-0.3, -0.25) is 9.69 Å². The molecule has 0 aliphatic carbocycles. The van der Waals surface area contributed by atoms with Gasteiger partial charge in [-0.1, -0.05) is 12.1 Å². The minimum absolute atomic E-state index is 0.136. The van der Waals surface area contributed by atoms with Crippen molar-refractivity contribution >= 4 is 16.8 Å². The molecule has 0 radical (unpaired) electrons. The van der Waals surface area contributed by atoms with Crippen molar-refractivity contribution in [1.82, 2.24) is 19.8 Å². The van der Waals surface area contributed by atoms with Crippen LogP contribution in [-0.2, 0) is 6.54 Å². The number of methoxy groups -OCH3 is 1. The molecular formula is C27H28N4O4. The van der Waals surface area contributed by atoms with Gasteiger partial charge < -0.3 is 24.1 Å². The molecule has 0 unspecified atom stereocenters. The number of aromatic amines is 1. The second kappa shape index (κ2) is 10.1. The van der Waals surface area contributed by atoms with Gasteiger partial charge in [-0.25, -0.2) is 4.98 Å². The van der Waals surface area contributed by atoms with Crippen LogP contribution in [-0.4, -0.2) is 66.1 Å². The van der Waals surface area contributed by atoms with Gasteiger partial charge in [0.2, 0.25) is 5.88 Å². The molecule has 0 fully saturated rings. The summed E-state index contributed by atoms with van der Waals surface area (Å²) in [6, 6.07) is 19.1. The molecule has 1 N–H and O–H groups in total. The molecule has 0 saturated carbocycles. The third-order valence-corrected chi connectivity index (χ3v) is 6.10. The zero-order valence-corrected chi connectivity index (χ0v) is 19.9. The van der Waals surface area contributed by atoms with Crippen molar-refractivity contribution in [3.63, 3.8) is 0 Å². The normalized spacial score (nSPS) is 15.1. The number of benzene rings is 2. The quantitative estimate of drug-likeness (QED) is 0.478. The number of rotatable bonds is 3. The molecule has 5 rings (SSSR count). The summed E-state index contributed by atoms with van der Waals surface area (Å²) in [6.07, 6.45) is 1.62. The van der Waals surface area contributed by atoms with E-state index in [9.17, 15) is 4.79 Å². The maximum Gasteiger partial charge on any atom is 0.259 e. The number of ether oxygens (including phenoxy) is 3.